The second kappa shape index (κ2) is 5.76. The number of methoxy groups -OCH3 is 1. The third kappa shape index (κ3) is 3.83. The van der Waals surface area contributed by atoms with Gasteiger partial charge in [0.05, 0.1) is 18.2 Å². The first-order valence-corrected chi connectivity index (χ1v) is 9.84. The Bertz CT molecular complexity index is 411. The van der Waals surface area contributed by atoms with E-state index in [1.54, 1.807) is 7.11 Å². The van der Waals surface area contributed by atoms with Crippen molar-refractivity contribution in [3.63, 3.8) is 0 Å². The molecule has 1 rings (SSSR count). The molecule has 0 heterocycles. The van der Waals surface area contributed by atoms with E-state index in [4.69, 9.17) is 9.16 Å². The molecule has 0 aliphatic rings. The molecule has 0 aromatic heterocycles. The average Bonchev–Trinajstić information content (AvgIpc) is 2.25. The maximum atomic E-state index is 6.19. The normalized spacial score (nSPS) is 12.6. The van der Waals surface area contributed by atoms with Crippen molar-refractivity contribution < 1.29 is 9.16 Å². The van der Waals surface area contributed by atoms with Crippen LogP contribution in [0, 0.1) is 0 Å². The first-order valence-electron chi connectivity index (χ1n) is 6.14. The van der Waals surface area contributed by atoms with E-state index in [0.29, 0.717) is 6.61 Å². The molecule has 0 atom stereocenters. The molecule has 0 amide bonds. The molecule has 0 bridgehead atoms. The van der Waals surface area contributed by atoms with Crippen molar-refractivity contribution in [1.29, 1.82) is 0 Å². The Balaban J connectivity index is 2.73. The van der Waals surface area contributed by atoms with Crippen LogP contribution in [-0.2, 0) is 11.0 Å². The van der Waals surface area contributed by atoms with Gasteiger partial charge in [0.1, 0.15) is 5.75 Å². The topological polar surface area (TPSA) is 18.5 Å². The first-order chi connectivity index (χ1) is 8.17. The minimum Gasteiger partial charge on any atom is -0.496 e. The number of rotatable bonds is 4. The van der Waals surface area contributed by atoms with Gasteiger partial charge in [0.2, 0.25) is 0 Å². The monoisotopic (exact) mass is 330 g/mol. The van der Waals surface area contributed by atoms with E-state index in [1.807, 2.05) is 6.07 Å². The van der Waals surface area contributed by atoms with Crippen LogP contribution >= 0.6 is 15.9 Å². The van der Waals surface area contributed by atoms with Crippen molar-refractivity contribution in [2.75, 3.05) is 7.11 Å². The Kier molecular flexibility index (Phi) is 5.03. The second-order valence-electron chi connectivity index (χ2n) is 6.02. The molecular formula is C14H23BrO2Si. The lowest BCUT2D eigenvalue weighted by Gasteiger charge is -2.36. The highest BCUT2D eigenvalue weighted by molar-refractivity contribution is 9.10. The van der Waals surface area contributed by atoms with Crippen molar-refractivity contribution in [3.8, 4) is 5.75 Å². The zero-order valence-electron chi connectivity index (χ0n) is 12.1. The van der Waals surface area contributed by atoms with Crippen molar-refractivity contribution in [2.24, 2.45) is 0 Å². The van der Waals surface area contributed by atoms with Crippen LogP contribution in [0.15, 0.2) is 22.7 Å². The lowest BCUT2D eigenvalue weighted by molar-refractivity contribution is 0.276. The summed E-state index contributed by atoms with van der Waals surface area (Å²) in [4.78, 5) is 0. The number of hydrogen-bond acceptors (Lipinski definition) is 2. The predicted molar refractivity (Wildman–Crippen MR) is 82.7 cm³/mol. The quantitative estimate of drug-likeness (QED) is 0.725. The predicted octanol–water partition coefficient (Wildman–Crippen LogP) is 4.98. The fraction of sp³-hybridized carbons (Fsp3) is 0.571. The fourth-order valence-electron chi connectivity index (χ4n) is 1.28. The van der Waals surface area contributed by atoms with Crippen LogP contribution in [0.1, 0.15) is 26.3 Å². The zero-order valence-corrected chi connectivity index (χ0v) is 14.7. The average molecular weight is 331 g/mol. The smallest absolute Gasteiger partial charge is 0.192 e. The minimum absolute atomic E-state index is 0.247. The Morgan fingerprint density at radius 2 is 1.83 bits per heavy atom. The second-order valence-corrected chi connectivity index (χ2v) is 11.7. The van der Waals surface area contributed by atoms with Gasteiger partial charge in [0.25, 0.3) is 0 Å². The van der Waals surface area contributed by atoms with Crippen molar-refractivity contribution in [3.05, 3.63) is 28.2 Å². The van der Waals surface area contributed by atoms with Gasteiger partial charge in [-0.3, -0.25) is 0 Å². The minimum atomic E-state index is -1.67. The van der Waals surface area contributed by atoms with Gasteiger partial charge < -0.3 is 9.16 Å². The van der Waals surface area contributed by atoms with Gasteiger partial charge in [-0.15, -0.1) is 0 Å². The lowest BCUT2D eigenvalue weighted by Crippen LogP contribution is -2.40. The number of halogens is 1. The molecule has 2 nitrogen and oxygen atoms in total. The van der Waals surface area contributed by atoms with Gasteiger partial charge in [-0.05, 0) is 51.8 Å². The van der Waals surface area contributed by atoms with Crippen LogP contribution in [0.4, 0.5) is 0 Å². The molecule has 4 heteroatoms. The maximum Gasteiger partial charge on any atom is 0.192 e. The Labute approximate surface area is 120 Å². The number of benzene rings is 1. The molecule has 0 aliphatic carbocycles. The molecule has 0 saturated heterocycles. The molecule has 0 aliphatic heterocycles. The summed E-state index contributed by atoms with van der Waals surface area (Å²) in [7, 11) is -0.00101. The van der Waals surface area contributed by atoms with Crippen LogP contribution in [0.3, 0.4) is 0 Å². The summed E-state index contributed by atoms with van der Waals surface area (Å²) in [6.45, 7) is 12.0. The summed E-state index contributed by atoms with van der Waals surface area (Å²) >= 11 is 3.50. The SMILES string of the molecule is COc1ccc(CO[Si](C)(C)C(C)(C)C)cc1Br. The Hall–Kier alpha value is -0.323. The van der Waals surface area contributed by atoms with Crippen LogP contribution in [0.2, 0.25) is 18.1 Å². The number of hydrogen-bond donors (Lipinski definition) is 0. The summed E-state index contributed by atoms with van der Waals surface area (Å²) in [6, 6.07) is 6.08. The van der Waals surface area contributed by atoms with E-state index in [-0.39, 0.29) is 5.04 Å². The molecule has 1 aromatic carbocycles. The van der Waals surface area contributed by atoms with E-state index in [2.05, 4.69) is 61.9 Å². The van der Waals surface area contributed by atoms with Gasteiger partial charge in [-0.2, -0.15) is 0 Å². The van der Waals surface area contributed by atoms with Crippen LogP contribution in [0.5, 0.6) is 5.75 Å². The molecule has 0 saturated carbocycles. The highest BCUT2D eigenvalue weighted by atomic mass is 79.9. The van der Waals surface area contributed by atoms with Gasteiger partial charge in [0, 0.05) is 0 Å². The number of ether oxygens (including phenoxy) is 1. The molecule has 0 N–H and O–H groups in total. The highest BCUT2D eigenvalue weighted by Crippen LogP contribution is 2.37. The third-order valence-corrected chi connectivity index (χ3v) is 8.72. The van der Waals surface area contributed by atoms with Gasteiger partial charge in [-0.25, -0.2) is 0 Å². The molecule has 18 heavy (non-hydrogen) atoms. The highest BCUT2D eigenvalue weighted by Gasteiger charge is 2.36. The maximum absolute atomic E-state index is 6.19. The van der Waals surface area contributed by atoms with Gasteiger partial charge >= 0.3 is 0 Å². The fourth-order valence-corrected chi connectivity index (χ4v) is 2.83. The summed E-state index contributed by atoms with van der Waals surface area (Å²) < 4.78 is 12.4. The molecule has 0 radical (unpaired) electrons. The van der Waals surface area contributed by atoms with E-state index in [1.165, 1.54) is 5.56 Å². The lowest BCUT2D eigenvalue weighted by atomic mass is 10.2. The van der Waals surface area contributed by atoms with Gasteiger partial charge in [-0.1, -0.05) is 26.8 Å². The molecule has 1 aromatic rings. The van der Waals surface area contributed by atoms with Crippen LogP contribution < -0.4 is 4.74 Å². The Morgan fingerprint density at radius 1 is 1.22 bits per heavy atom. The van der Waals surface area contributed by atoms with E-state index < -0.39 is 8.32 Å². The van der Waals surface area contributed by atoms with Crippen LogP contribution in [0.25, 0.3) is 0 Å². The van der Waals surface area contributed by atoms with E-state index >= 15 is 0 Å². The first kappa shape index (κ1) is 15.7. The summed E-state index contributed by atoms with van der Waals surface area (Å²) in [5.41, 5.74) is 1.17. The molecule has 0 unspecified atom stereocenters. The summed E-state index contributed by atoms with van der Waals surface area (Å²) in [5, 5.41) is 0.247. The largest absolute Gasteiger partial charge is 0.496 e. The van der Waals surface area contributed by atoms with Crippen molar-refractivity contribution >= 4 is 24.2 Å². The molecule has 0 fully saturated rings. The molecule has 102 valence electrons. The van der Waals surface area contributed by atoms with E-state index in [9.17, 15) is 0 Å². The van der Waals surface area contributed by atoms with Crippen molar-refractivity contribution in [2.45, 2.75) is 45.5 Å². The summed E-state index contributed by atoms with van der Waals surface area (Å²) in [5.74, 6) is 0.853. The summed E-state index contributed by atoms with van der Waals surface area (Å²) in [6.07, 6.45) is 0. The van der Waals surface area contributed by atoms with Crippen molar-refractivity contribution in [1.82, 2.24) is 0 Å². The standard InChI is InChI=1S/C14H23BrO2Si/c1-14(2,3)18(5,6)17-10-11-7-8-13(16-4)12(15)9-11/h7-9H,10H2,1-6H3. The van der Waals surface area contributed by atoms with Crippen LogP contribution in [-0.4, -0.2) is 15.4 Å². The third-order valence-electron chi connectivity index (χ3n) is 3.62. The van der Waals surface area contributed by atoms with Gasteiger partial charge in [0.15, 0.2) is 8.32 Å². The van der Waals surface area contributed by atoms with E-state index in [0.717, 1.165) is 10.2 Å². The zero-order chi connectivity index (χ0) is 14.0. The Morgan fingerprint density at radius 3 is 2.28 bits per heavy atom. The molecular weight excluding hydrogens is 308 g/mol. The molecule has 0 spiro atoms.